The van der Waals surface area contributed by atoms with Crippen molar-refractivity contribution < 1.29 is 132 Å². The summed E-state index contributed by atoms with van der Waals surface area (Å²) in [6.07, 6.45) is -4.77. The summed E-state index contributed by atoms with van der Waals surface area (Å²) in [4.78, 5) is 285. The SMILES string of the molecule is CC(C)C[C@H](NC(=O)[C@H](CO)NC(=O)[C@@H](NC(=O)[C@@H](NC(=O)[C@@H](NC(=O)[C@H](CC(C)C)NC(=O)[C@@H](NC(=O)CNC(=O)[C@@H]1CCCN1C(=O)CNC(=O)[C@H](Cc1c[nH]c2ccccc12)NC(=O)[C@@H](NC(=O)[C@H](CC(N)=O)NC(=O)[C@H](Cc1ccccc1)NC(=O)[C@H](Cc1ccc(O)cc1)NC(=O)[C@H](CC(N)=O)NC(=O)[C@H](Cc1ccc(O)cc1)NC(=O)[C@@H](N)Cc1ccc(O)cc1)C(C)C)[C@@H](C)O)C(C)C)[C@@H](C)O)C(C)C)C(=O)O. The van der Waals surface area contributed by atoms with E-state index in [-0.39, 0.29) is 87.0 Å². The Bertz CT molecular complexity index is 5710. The van der Waals surface area contributed by atoms with Gasteiger partial charge in [0.15, 0.2) is 0 Å². The maximum atomic E-state index is 15.1. The smallest absolute Gasteiger partial charge is 0.326 e. The quantitative estimate of drug-likeness (QED) is 0.0172. The van der Waals surface area contributed by atoms with E-state index in [2.05, 4.69) is 90.1 Å². The van der Waals surface area contributed by atoms with Crippen molar-refractivity contribution in [2.45, 2.75) is 263 Å². The molecule has 0 bridgehead atoms. The number of fused-ring (bicyclic) bond motifs is 1. The van der Waals surface area contributed by atoms with Crippen LogP contribution in [0.15, 0.2) is 134 Å². The minimum absolute atomic E-state index is 0.0191. The number of nitrogens with two attached hydrogens (primary N) is 3. The largest absolute Gasteiger partial charge is 0.508 e. The van der Waals surface area contributed by atoms with Crippen LogP contribution in [-0.2, 0) is 128 Å². The molecule has 150 heavy (non-hydrogen) atoms. The summed E-state index contributed by atoms with van der Waals surface area (Å²) in [5, 5.41) is 112. The van der Waals surface area contributed by atoms with Crippen LogP contribution in [0.5, 0.6) is 17.2 Å². The van der Waals surface area contributed by atoms with Gasteiger partial charge in [-0.05, 0) is 146 Å². The van der Waals surface area contributed by atoms with Crippen LogP contribution in [-0.4, -0.2) is 299 Å². The summed E-state index contributed by atoms with van der Waals surface area (Å²) in [5.41, 5.74) is 20.5. The van der Waals surface area contributed by atoms with E-state index in [1.165, 1.54) is 114 Å². The monoisotopic (exact) mass is 2090 g/mol. The van der Waals surface area contributed by atoms with Gasteiger partial charge < -0.3 is 148 Å². The molecule has 6 aromatic rings. The fraction of sp³-hybridized carbons (Fsp3) is 0.490. The van der Waals surface area contributed by atoms with Crippen molar-refractivity contribution in [1.29, 1.82) is 0 Å². The number of aliphatic hydroxyl groups excluding tert-OH is 3. The molecule has 1 aliphatic heterocycles. The number of primary amides is 2. The number of hydrogen-bond acceptors (Lipinski definition) is 27. The molecule has 1 aromatic heterocycles. The number of benzene rings is 5. The summed E-state index contributed by atoms with van der Waals surface area (Å²) in [6.45, 7) is 15.6. The lowest BCUT2D eigenvalue weighted by Gasteiger charge is -2.30. The number of carbonyl (C=O) groups is 20. The summed E-state index contributed by atoms with van der Waals surface area (Å²) in [6, 6.07) is 5.99. The molecule has 30 N–H and O–H groups in total. The maximum Gasteiger partial charge on any atom is 0.326 e. The lowest BCUT2D eigenvalue weighted by Crippen LogP contribution is -2.63. The van der Waals surface area contributed by atoms with E-state index in [0.29, 0.717) is 38.7 Å². The minimum Gasteiger partial charge on any atom is -0.508 e. The maximum absolute atomic E-state index is 15.1. The Morgan fingerprint density at radius 3 is 1.17 bits per heavy atom. The second-order valence-corrected chi connectivity index (χ2v) is 39.0. The standard InChI is InChI=1S/C102H141N21O27/c1-50(2)37-68(93(140)120-84(54(9)10)99(146)122-86(56(12)126)101(148)121-83(53(7)8)98(145)117-76(49-124)95(142)116-75(102(149)150)38-51(3)4)114-100(147)85(55(11)125)118-80(132)47-107-96(143)77-23-18-36-123(77)81(133)48-108-88(135)72(43-61-46-106-67-22-17-16-21-65(61)67)115-97(144)82(52(5)6)119-94(141)74(45-79(105)131)113-91(138)70(40-57-19-14-13-15-20-57)110-90(137)71(42-60-28-34-64(129)35-29-60)111-92(139)73(44-78(104)130)112-89(136)69(41-59-26-32-63(128)33-27-59)109-87(134)66(103)39-58-24-30-62(127)31-25-58/h13-17,19-22,24-35,46,50-56,66,68-77,82-86,106,124-129H,18,23,36-45,47-49,103H2,1-12H3,(H2,104,130)(H2,105,131)(H,107,143)(H,108,135)(H,109,134)(H,110,137)(H,111,139)(H,112,136)(H,113,138)(H,114,147)(H,115,144)(H,116,142)(H,117,145)(H,118,132)(H,119,141)(H,120,140)(H,121,148)(H,122,146)(H,149,150)/t55-,56-,66+,68+,69+,70+,71+,72+,73+,74+,75+,76+,77+,82+,83+,84+,85+,86+/m1/s1. The number of aromatic nitrogens is 1. The van der Waals surface area contributed by atoms with Crippen molar-refractivity contribution >= 4 is 129 Å². The summed E-state index contributed by atoms with van der Waals surface area (Å²) >= 11 is 0. The molecule has 0 spiro atoms. The highest BCUT2D eigenvalue weighted by Gasteiger charge is 2.43. The molecular formula is C102H141N21O27. The number of phenolic OH excluding ortho intramolecular Hbond substituents is 3. The summed E-state index contributed by atoms with van der Waals surface area (Å²) in [5.74, 6) is -24.3. The number of carboxylic acids is 1. The van der Waals surface area contributed by atoms with Crippen molar-refractivity contribution in [2.24, 2.45) is 46.8 Å². The van der Waals surface area contributed by atoms with Crippen LogP contribution in [0.4, 0.5) is 0 Å². The molecule has 0 radical (unpaired) electrons. The van der Waals surface area contributed by atoms with Crippen molar-refractivity contribution in [3.63, 3.8) is 0 Å². The van der Waals surface area contributed by atoms with Crippen molar-refractivity contribution in [3.8, 4) is 17.2 Å². The third-order valence-corrected chi connectivity index (χ3v) is 24.5. The van der Waals surface area contributed by atoms with Gasteiger partial charge in [-0.1, -0.05) is 154 Å². The highest BCUT2D eigenvalue weighted by molar-refractivity contribution is 6.03. The number of H-pyrrole nitrogens is 1. The van der Waals surface area contributed by atoms with Crippen LogP contribution in [0.1, 0.15) is 149 Å². The molecule has 0 aliphatic carbocycles. The van der Waals surface area contributed by atoms with Gasteiger partial charge >= 0.3 is 5.97 Å². The Morgan fingerprint density at radius 1 is 0.367 bits per heavy atom. The zero-order valence-corrected chi connectivity index (χ0v) is 85.6. The average Bonchev–Trinajstić information content (AvgIpc) is 1.69. The number of phenols is 3. The molecule has 0 saturated carbocycles. The molecule has 7 rings (SSSR count). The first-order chi connectivity index (χ1) is 70.7. The fourth-order valence-corrected chi connectivity index (χ4v) is 16.4. The van der Waals surface area contributed by atoms with Gasteiger partial charge in [0, 0.05) is 49.3 Å². The first-order valence-electron chi connectivity index (χ1n) is 49.2. The van der Waals surface area contributed by atoms with Crippen LogP contribution >= 0.6 is 0 Å². The van der Waals surface area contributed by atoms with Gasteiger partial charge in [-0.2, -0.15) is 0 Å². The van der Waals surface area contributed by atoms with Crippen molar-refractivity contribution in [1.82, 2.24) is 95.0 Å². The zero-order valence-electron chi connectivity index (χ0n) is 85.6. The lowest BCUT2D eigenvalue weighted by molar-refractivity contribution is -0.143. The number of aliphatic hydroxyl groups is 3. The topological polar surface area (TPSA) is 773 Å². The third-order valence-electron chi connectivity index (χ3n) is 24.5. The van der Waals surface area contributed by atoms with E-state index in [9.17, 15) is 122 Å². The summed E-state index contributed by atoms with van der Waals surface area (Å²) in [7, 11) is 0. The Hall–Kier alpha value is -15.7. The van der Waals surface area contributed by atoms with E-state index < -0.39 is 284 Å². The highest BCUT2D eigenvalue weighted by atomic mass is 16.4. The van der Waals surface area contributed by atoms with E-state index in [4.69, 9.17) is 17.2 Å². The lowest BCUT2D eigenvalue weighted by atomic mass is 9.98. The number of amides is 19. The molecule has 1 saturated heterocycles. The van der Waals surface area contributed by atoms with Crippen LogP contribution in [0.2, 0.25) is 0 Å². The highest BCUT2D eigenvalue weighted by Crippen LogP contribution is 2.24. The van der Waals surface area contributed by atoms with Gasteiger partial charge in [0.1, 0.15) is 108 Å². The van der Waals surface area contributed by atoms with Crippen LogP contribution in [0.3, 0.4) is 0 Å². The van der Waals surface area contributed by atoms with Crippen LogP contribution in [0.25, 0.3) is 10.9 Å². The number of hydrogen-bond donors (Lipinski definition) is 27. The van der Waals surface area contributed by atoms with Gasteiger partial charge in [0.2, 0.25) is 112 Å². The number of aliphatic carboxylic acids is 1. The average molecular weight is 2090 g/mol. The van der Waals surface area contributed by atoms with Gasteiger partial charge in [-0.25, -0.2) is 4.79 Å². The third kappa shape index (κ3) is 38.2. The van der Waals surface area contributed by atoms with Crippen molar-refractivity contribution in [2.75, 3.05) is 26.2 Å². The van der Waals surface area contributed by atoms with Gasteiger partial charge in [0.25, 0.3) is 0 Å². The first kappa shape index (κ1) is 121. The number of carbonyl (C=O) groups excluding carboxylic acids is 19. The number of carboxylic acid groups (broad SMARTS) is 1. The second kappa shape index (κ2) is 58.1. The second-order valence-electron chi connectivity index (χ2n) is 39.0. The number of nitrogens with one attached hydrogen (secondary N) is 17. The van der Waals surface area contributed by atoms with Gasteiger partial charge in [-0.3, -0.25) is 91.1 Å². The molecule has 48 nitrogen and oxygen atoms in total. The van der Waals surface area contributed by atoms with E-state index >= 15 is 9.59 Å². The normalized spacial score (nSPS) is 15.8. The number of aromatic amines is 1. The number of para-hydroxylation sites is 1. The van der Waals surface area contributed by atoms with Crippen LogP contribution in [0, 0.1) is 29.6 Å². The van der Waals surface area contributed by atoms with E-state index in [0.717, 1.165) is 18.7 Å². The van der Waals surface area contributed by atoms with Crippen molar-refractivity contribution in [3.05, 3.63) is 161 Å². The molecule has 18 atom stereocenters. The predicted molar refractivity (Wildman–Crippen MR) is 542 cm³/mol. The Labute approximate surface area is 865 Å². The summed E-state index contributed by atoms with van der Waals surface area (Å²) < 4.78 is 0. The number of rotatable bonds is 58. The molecule has 1 aliphatic rings. The van der Waals surface area contributed by atoms with Gasteiger partial charge in [0.05, 0.1) is 50.8 Å². The molecular weight excluding hydrogens is 1950 g/mol. The minimum atomic E-state index is -1.94. The zero-order chi connectivity index (χ0) is 111. The Morgan fingerprint density at radius 2 is 0.713 bits per heavy atom. The molecule has 5 aromatic carbocycles. The molecule has 2 heterocycles. The van der Waals surface area contributed by atoms with Gasteiger partial charge in [-0.15, -0.1) is 0 Å². The molecule has 816 valence electrons. The molecule has 1 fully saturated rings. The first-order valence-corrected chi connectivity index (χ1v) is 49.2. The molecule has 48 heteroatoms. The molecule has 19 amide bonds. The molecule has 0 unspecified atom stereocenters. The van der Waals surface area contributed by atoms with Crippen LogP contribution < -0.4 is 102 Å². The fourth-order valence-electron chi connectivity index (χ4n) is 16.4. The Kier molecular flexibility index (Phi) is 47.0. The van der Waals surface area contributed by atoms with E-state index in [1.54, 1.807) is 88.5 Å². The number of nitrogens with zero attached hydrogens (tertiary/aromatic N) is 1. The predicted octanol–water partition coefficient (Wildman–Crippen LogP) is -4.21. The Balaban J connectivity index is 1.01. The number of likely N-dealkylation sites (tertiary alicyclic amines) is 1. The number of aromatic hydroxyl groups is 3. The van der Waals surface area contributed by atoms with E-state index in [1.807, 2.05) is 0 Å².